The second-order valence-corrected chi connectivity index (χ2v) is 3.56. The Morgan fingerprint density at radius 3 is 2.67 bits per heavy atom. The first kappa shape index (κ1) is 11.5. The summed E-state index contributed by atoms with van der Waals surface area (Å²) in [7, 11) is 0. The van der Waals surface area contributed by atoms with E-state index in [0.29, 0.717) is 0 Å². The molecule has 1 aromatic carbocycles. The van der Waals surface area contributed by atoms with E-state index in [-0.39, 0.29) is 11.8 Å². The monoisotopic (exact) mass is 211 g/mol. The summed E-state index contributed by atoms with van der Waals surface area (Å²) in [5.74, 6) is -0.462. The SMILES string of the molecule is Cc1ccc(NC(=O)OC(C)C)c(F)c1. The number of hydrogen-bond donors (Lipinski definition) is 1. The Balaban J connectivity index is 2.68. The van der Waals surface area contributed by atoms with Crippen LogP contribution in [-0.4, -0.2) is 12.2 Å². The normalized spacial score (nSPS) is 10.2. The zero-order chi connectivity index (χ0) is 11.4. The molecule has 0 saturated carbocycles. The fraction of sp³-hybridized carbons (Fsp3) is 0.364. The van der Waals surface area contributed by atoms with Gasteiger partial charge in [-0.25, -0.2) is 9.18 Å². The highest BCUT2D eigenvalue weighted by atomic mass is 19.1. The van der Waals surface area contributed by atoms with Crippen molar-refractivity contribution in [1.29, 1.82) is 0 Å². The molecule has 4 heteroatoms. The first-order chi connectivity index (χ1) is 6.99. The van der Waals surface area contributed by atoms with Gasteiger partial charge in [0.15, 0.2) is 0 Å². The lowest BCUT2D eigenvalue weighted by Crippen LogP contribution is -2.18. The summed E-state index contributed by atoms with van der Waals surface area (Å²) in [5.41, 5.74) is 0.932. The maximum absolute atomic E-state index is 13.3. The van der Waals surface area contributed by atoms with Crippen molar-refractivity contribution in [2.45, 2.75) is 26.9 Å². The highest BCUT2D eigenvalue weighted by molar-refractivity contribution is 5.84. The Hall–Kier alpha value is -1.58. The van der Waals surface area contributed by atoms with Crippen molar-refractivity contribution >= 4 is 11.8 Å². The molecule has 0 radical (unpaired) electrons. The molecular formula is C11H14FNO2. The van der Waals surface area contributed by atoms with Gasteiger partial charge in [-0.05, 0) is 38.5 Å². The first-order valence-corrected chi connectivity index (χ1v) is 4.73. The largest absolute Gasteiger partial charge is 0.447 e. The molecule has 0 spiro atoms. The van der Waals surface area contributed by atoms with E-state index in [0.717, 1.165) is 5.56 Å². The molecule has 0 fully saturated rings. The highest BCUT2D eigenvalue weighted by Gasteiger charge is 2.08. The number of hydrogen-bond acceptors (Lipinski definition) is 2. The molecule has 0 aliphatic rings. The van der Waals surface area contributed by atoms with Crippen LogP contribution >= 0.6 is 0 Å². The maximum atomic E-state index is 13.3. The number of rotatable bonds is 2. The van der Waals surface area contributed by atoms with Crippen LogP contribution in [0.5, 0.6) is 0 Å². The number of aryl methyl sites for hydroxylation is 1. The average molecular weight is 211 g/mol. The van der Waals surface area contributed by atoms with Crippen molar-refractivity contribution in [3.05, 3.63) is 29.6 Å². The van der Waals surface area contributed by atoms with Crippen molar-refractivity contribution in [3.63, 3.8) is 0 Å². The molecule has 3 nitrogen and oxygen atoms in total. The zero-order valence-corrected chi connectivity index (χ0v) is 9.00. The van der Waals surface area contributed by atoms with E-state index in [4.69, 9.17) is 4.74 Å². The van der Waals surface area contributed by atoms with Gasteiger partial charge in [-0.2, -0.15) is 0 Å². The molecule has 0 bridgehead atoms. The lowest BCUT2D eigenvalue weighted by atomic mass is 10.2. The van der Waals surface area contributed by atoms with E-state index in [1.807, 2.05) is 0 Å². The van der Waals surface area contributed by atoms with Gasteiger partial charge in [0.25, 0.3) is 0 Å². The Morgan fingerprint density at radius 2 is 2.13 bits per heavy atom. The number of ether oxygens (including phenoxy) is 1. The smallest absolute Gasteiger partial charge is 0.411 e. The minimum atomic E-state index is -0.646. The molecule has 0 heterocycles. The predicted molar refractivity (Wildman–Crippen MR) is 56.4 cm³/mol. The summed E-state index contributed by atoms with van der Waals surface area (Å²) >= 11 is 0. The standard InChI is InChI=1S/C11H14FNO2/c1-7(2)15-11(14)13-10-5-4-8(3)6-9(10)12/h4-7H,1-3H3,(H,13,14). The van der Waals surface area contributed by atoms with Crippen LogP contribution < -0.4 is 5.32 Å². The molecule has 0 unspecified atom stereocenters. The third-order valence-corrected chi connectivity index (χ3v) is 1.70. The fourth-order valence-electron chi connectivity index (χ4n) is 1.08. The van der Waals surface area contributed by atoms with Gasteiger partial charge in [-0.1, -0.05) is 6.07 Å². The quantitative estimate of drug-likeness (QED) is 0.816. The number of halogens is 1. The molecule has 1 aromatic rings. The van der Waals surface area contributed by atoms with Gasteiger partial charge in [0.05, 0.1) is 11.8 Å². The van der Waals surface area contributed by atoms with Crippen LogP contribution in [0.15, 0.2) is 18.2 Å². The lowest BCUT2D eigenvalue weighted by molar-refractivity contribution is 0.130. The second-order valence-electron chi connectivity index (χ2n) is 3.56. The van der Waals surface area contributed by atoms with Gasteiger partial charge in [-0.3, -0.25) is 5.32 Å². The summed E-state index contributed by atoms with van der Waals surface area (Å²) in [4.78, 5) is 11.2. The summed E-state index contributed by atoms with van der Waals surface area (Å²) < 4.78 is 18.1. The molecule has 1 rings (SSSR count). The number of amides is 1. The van der Waals surface area contributed by atoms with Crippen LogP contribution in [0.1, 0.15) is 19.4 Å². The molecule has 0 atom stereocenters. The third-order valence-electron chi connectivity index (χ3n) is 1.70. The van der Waals surface area contributed by atoms with Crippen molar-refractivity contribution in [2.24, 2.45) is 0 Å². The molecule has 0 aliphatic heterocycles. The van der Waals surface area contributed by atoms with E-state index in [1.165, 1.54) is 12.1 Å². The van der Waals surface area contributed by atoms with Gasteiger partial charge in [0.1, 0.15) is 5.82 Å². The van der Waals surface area contributed by atoms with Crippen LogP contribution in [-0.2, 0) is 4.74 Å². The Morgan fingerprint density at radius 1 is 1.47 bits per heavy atom. The van der Waals surface area contributed by atoms with Gasteiger partial charge < -0.3 is 4.74 Å². The van der Waals surface area contributed by atoms with Crippen LogP contribution in [0.25, 0.3) is 0 Å². The predicted octanol–water partition coefficient (Wildman–Crippen LogP) is 3.09. The summed E-state index contributed by atoms with van der Waals surface area (Å²) in [6, 6.07) is 4.57. The minimum absolute atomic E-state index is 0.131. The fourth-order valence-corrected chi connectivity index (χ4v) is 1.08. The van der Waals surface area contributed by atoms with Crippen LogP contribution in [0.2, 0.25) is 0 Å². The van der Waals surface area contributed by atoms with Gasteiger partial charge in [0.2, 0.25) is 0 Å². The average Bonchev–Trinajstić information content (AvgIpc) is 2.08. The maximum Gasteiger partial charge on any atom is 0.411 e. The van der Waals surface area contributed by atoms with Crippen LogP contribution in [0.3, 0.4) is 0 Å². The van der Waals surface area contributed by atoms with Gasteiger partial charge >= 0.3 is 6.09 Å². The number of anilines is 1. The first-order valence-electron chi connectivity index (χ1n) is 4.73. The highest BCUT2D eigenvalue weighted by Crippen LogP contribution is 2.15. The van der Waals surface area contributed by atoms with Crippen molar-refractivity contribution in [1.82, 2.24) is 0 Å². The molecule has 82 valence electrons. The topological polar surface area (TPSA) is 38.3 Å². The number of nitrogens with one attached hydrogen (secondary N) is 1. The van der Waals surface area contributed by atoms with E-state index >= 15 is 0 Å². The molecule has 0 aliphatic carbocycles. The van der Waals surface area contributed by atoms with E-state index in [2.05, 4.69) is 5.32 Å². The van der Waals surface area contributed by atoms with E-state index < -0.39 is 11.9 Å². The Bertz CT molecular complexity index is 364. The summed E-state index contributed by atoms with van der Waals surface area (Å²) in [6.07, 6.45) is -0.869. The van der Waals surface area contributed by atoms with E-state index in [1.54, 1.807) is 26.8 Å². The minimum Gasteiger partial charge on any atom is -0.447 e. The molecule has 1 amide bonds. The molecule has 15 heavy (non-hydrogen) atoms. The van der Waals surface area contributed by atoms with E-state index in [9.17, 15) is 9.18 Å². The Kier molecular flexibility index (Phi) is 3.66. The van der Waals surface area contributed by atoms with Gasteiger partial charge in [-0.15, -0.1) is 0 Å². The van der Waals surface area contributed by atoms with Crippen molar-refractivity contribution in [2.75, 3.05) is 5.32 Å². The Labute approximate surface area is 88.2 Å². The van der Waals surface area contributed by atoms with Crippen LogP contribution in [0.4, 0.5) is 14.9 Å². The lowest BCUT2D eigenvalue weighted by Gasteiger charge is -2.10. The number of carbonyl (C=O) groups is 1. The van der Waals surface area contributed by atoms with Crippen molar-refractivity contribution in [3.8, 4) is 0 Å². The van der Waals surface area contributed by atoms with Crippen LogP contribution in [0, 0.1) is 12.7 Å². The molecule has 0 saturated heterocycles. The second kappa shape index (κ2) is 4.77. The molecule has 1 N–H and O–H groups in total. The van der Waals surface area contributed by atoms with Gasteiger partial charge in [0, 0.05) is 0 Å². The number of benzene rings is 1. The molecular weight excluding hydrogens is 197 g/mol. The molecule has 0 aromatic heterocycles. The summed E-state index contributed by atoms with van der Waals surface area (Å²) in [5, 5.41) is 2.33. The van der Waals surface area contributed by atoms with Crippen molar-refractivity contribution < 1.29 is 13.9 Å². The third kappa shape index (κ3) is 3.58. The number of carbonyl (C=O) groups excluding carboxylic acids is 1. The summed E-state index contributed by atoms with van der Waals surface area (Å²) in [6.45, 7) is 5.23. The zero-order valence-electron chi connectivity index (χ0n) is 9.00.